The number of likely N-dealkylation sites (N-methyl/N-ethyl adjacent to an activating group) is 1. The maximum absolute atomic E-state index is 13.6. The first kappa shape index (κ1) is 26.7. The van der Waals surface area contributed by atoms with Gasteiger partial charge in [0.25, 0.3) is 5.67 Å². The molecule has 5 nitrogen and oxygen atoms in total. The molecule has 1 N–H and O–H groups in total. The van der Waals surface area contributed by atoms with Gasteiger partial charge in [-0.2, -0.15) is 43.8 Å². The first-order valence-corrected chi connectivity index (χ1v) is 8.88. The van der Waals surface area contributed by atoms with Crippen LogP contribution < -0.4 is 0 Å². The van der Waals surface area contributed by atoms with Crippen molar-refractivity contribution in [1.82, 2.24) is 4.31 Å². The average Bonchev–Trinajstić information content (AvgIpc) is 2.44. The van der Waals surface area contributed by atoms with Crippen LogP contribution in [0.15, 0.2) is 0 Å². The van der Waals surface area contributed by atoms with Crippen molar-refractivity contribution in [2.45, 2.75) is 44.0 Å². The van der Waals surface area contributed by atoms with Crippen molar-refractivity contribution in [3.8, 4) is 0 Å². The van der Waals surface area contributed by atoms with Crippen LogP contribution in [-0.4, -0.2) is 66.8 Å². The largest absolute Gasteiger partial charge is 0.480 e. The Bertz CT molecular complexity index is 626. The maximum Gasteiger partial charge on any atom is 0.431 e. The molecule has 0 aromatic rings. The van der Waals surface area contributed by atoms with Gasteiger partial charge < -0.3 is 5.11 Å². The second-order valence-corrected chi connectivity index (χ2v) is 7.75. The summed E-state index contributed by atoms with van der Waals surface area (Å²) in [5.74, 6) is -6.95. The van der Waals surface area contributed by atoms with E-state index in [9.17, 15) is 57.1 Å². The van der Waals surface area contributed by atoms with E-state index >= 15 is 0 Å². The third-order valence-corrected chi connectivity index (χ3v) is 5.60. The third-order valence-electron chi connectivity index (χ3n) is 3.67. The highest BCUT2D eigenvalue weighted by Gasteiger charge is 2.73. The van der Waals surface area contributed by atoms with Gasteiger partial charge in [0.1, 0.15) is 6.54 Å². The highest BCUT2D eigenvalue weighted by atomic mass is 32.2. The van der Waals surface area contributed by atoms with Crippen molar-refractivity contribution in [2.75, 3.05) is 18.8 Å². The van der Waals surface area contributed by atoms with E-state index in [1.165, 1.54) is 0 Å². The molecule has 0 radical (unpaired) electrons. The van der Waals surface area contributed by atoms with Crippen LogP contribution in [0.5, 0.6) is 0 Å². The van der Waals surface area contributed by atoms with Crippen LogP contribution in [0.3, 0.4) is 0 Å². The average molecular weight is 459 g/mol. The van der Waals surface area contributed by atoms with Crippen molar-refractivity contribution < 1.29 is 62.2 Å². The van der Waals surface area contributed by atoms with E-state index < -0.39 is 77.8 Å². The van der Waals surface area contributed by atoms with Gasteiger partial charge in [-0.1, -0.05) is 6.92 Å². The van der Waals surface area contributed by atoms with Gasteiger partial charge in [0.15, 0.2) is 0 Å². The molecule has 0 saturated heterocycles. The van der Waals surface area contributed by atoms with E-state index in [2.05, 4.69) is 0 Å². The lowest BCUT2D eigenvalue weighted by atomic mass is 9.88. The molecule has 0 aliphatic rings. The Kier molecular flexibility index (Phi) is 8.18. The lowest BCUT2D eigenvalue weighted by molar-refractivity contribution is -0.352. The number of carboxylic acids is 1. The summed E-state index contributed by atoms with van der Waals surface area (Å²) in [5.41, 5.74) is -6.21. The molecule has 0 bridgehead atoms. The molecule has 16 heteroatoms. The number of carbonyl (C=O) groups is 1. The summed E-state index contributed by atoms with van der Waals surface area (Å²) in [6.07, 6.45) is -24.2. The van der Waals surface area contributed by atoms with E-state index in [4.69, 9.17) is 5.11 Å². The maximum atomic E-state index is 13.6. The van der Waals surface area contributed by atoms with Gasteiger partial charge in [0.05, 0.1) is 11.7 Å². The number of hydrogen-bond donors (Lipinski definition) is 1. The van der Waals surface area contributed by atoms with E-state index in [0.29, 0.717) is 0 Å². The second kappa shape index (κ2) is 8.59. The Hall–Kier alpha value is -1.32. The number of rotatable bonds is 9. The minimum atomic E-state index is -6.73. The summed E-state index contributed by atoms with van der Waals surface area (Å²) in [7, 11) is -4.78. The smallest absolute Gasteiger partial charge is 0.431 e. The van der Waals surface area contributed by atoms with Gasteiger partial charge in [0, 0.05) is 13.0 Å². The highest BCUT2D eigenvalue weighted by molar-refractivity contribution is 7.89. The molecule has 0 rings (SSSR count). The molecule has 1 atom stereocenters. The monoisotopic (exact) mass is 459 g/mol. The molecule has 0 saturated carbocycles. The number of nitrogens with zero attached hydrogens (tertiary/aromatic N) is 1. The number of sulfonamides is 1. The molecule has 0 aliphatic heterocycles. The van der Waals surface area contributed by atoms with E-state index in [-0.39, 0.29) is 4.31 Å². The lowest BCUT2D eigenvalue weighted by Gasteiger charge is -2.33. The van der Waals surface area contributed by atoms with Crippen molar-refractivity contribution in [3.05, 3.63) is 0 Å². The fourth-order valence-electron chi connectivity index (χ4n) is 2.09. The van der Waals surface area contributed by atoms with Crippen molar-refractivity contribution in [3.63, 3.8) is 0 Å². The van der Waals surface area contributed by atoms with Crippen LogP contribution in [0, 0.1) is 5.92 Å². The Morgan fingerprint density at radius 1 is 0.964 bits per heavy atom. The summed E-state index contributed by atoms with van der Waals surface area (Å²) in [4.78, 5) is 10.5. The van der Waals surface area contributed by atoms with Crippen LogP contribution in [0.25, 0.3) is 0 Å². The van der Waals surface area contributed by atoms with Crippen molar-refractivity contribution in [1.29, 1.82) is 0 Å². The zero-order valence-electron chi connectivity index (χ0n) is 13.9. The molecular formula is C12H15F10NO4S. The topological polar surface area (TPSA) is 74.7 Å². The molecule has 168 valence electrons. The fourth-order valence-corrected chi connectivity index (χ4v) is 3.63. The quantitative estimate of drug-likeness (QED) is 0.536. The zero-order chi connectivity index (χ0) is 22.8. The Morgan fingerprint density at radius 2 is 1.39 bits per heavy atom. The molecule has 0 aromatic heterocycles. The molecule has 0 aliphatic carbocycles. The van der Waals surface area contributed by atoms with Gasteiger partial charge in [-0.15, -0.1) is 0 Å². The third kappa shape index (κ3) is 6.63. The first-order valence-electron chi connectivity index (χ1n) is 7.27. The fraction of sp³-hybridized carbons (Fsp3) is 0.917. The van der Waals surface area contributed by atoms with Gasteiger partial charge in [-0.25, -0.2) is 12.8 Å². The Balaban J connectivity index is 5.73. The SMILES string of the molecule is CCN(CC(=O)O)S(=O)(=O)CCC(CC(F)(C(F)(F)F)C(F)(F)F)C(F)(F)F. The van der Waals surface area contributed by atoms with Gasteiger partial charge in [0.2, 0.25) is 10.0 Å². The summed E-state index contributed by atoms with van der Waals surface area (Å²) in [6.45, 7) is -0.626. The Morgan fingerprint density at radius 3 is 1.68 bits per heavy atom. The van der Waals surface area contributed by atoms with Crippen LogP contribution in [-0.2, 0) is 14.8 Å². The van der Waals surface area contributed by atoms with Crippen molar-refractivity contribution >= 4 is 16.0 Å². The van der Waals surface area contributed by atoms with Gasteiger partial charge in [-0.05, 0) is 6.42 Å². The molecule has 0 heterocycles. The molecule has 0 spiro atoms. The zero-order valence-corrected chi connectivity index (χ0v) is 14.7. The van der Waals surface area contributed by atoms with E-state index in [0.717, 1.165) is 6.92 Å². The Labute approximate surface area is 152 Å². The molecule has 0 aromatic carbocycles. The lowest BCUT2D eigenvalue weighted by Crippen LogP contribution is -2.55. The van der Waals surface area contributed by atoms with Crippen LogP contribution in [0.1, 0.15) is 19.8 Å². The van der Waals surface area contributed by atoms with Crippen LogP contribution in [0.2, 0.25) is 0 Å². The summed E-state index contributed by atoms with van der Waals surface area (Å²) < 4.78 is 151. The highest BCUT2D eigenvalue weighted by Crippen LogP contribution is 2.52. The molecular weight excluding hydrogens is 444 g/mol. The molecule has 28 heavy (non-hydrogen) atoms. The summed E-state index contributed by atoms with van der Waals surface area (Å²) in [6, 6.07) is 0. The van der Waals surface area contributed by atoms with E-state index in [1.54, 1.807) is 0 Å². The predicted octanol–water partition coefficient (Wildman–Crippen LogP) is 3.51. The number of hydrogen-bond acceptors (Lipinski definition) is 3. The minimum absolute atomic E-state index is 0.166. The van der Waals surface area contributed by atoms with Crippen molar-refractivity contribution in [2.24, 2.45) is 5.92 Å². The van der Waals surface area contributed by atoms with Gasteiger partial charge >= 0.3 is 24.5 Å². The number of halogens is 10. The summed E-state index contributed by atoms with van der Waals surface area (Å²) in [5, 5.41) is 8.53. The molecule has 0 fully saturated rings. The minimum Gasteiger partial charge on any atom is -0.480 e. The second-order valence-electron chi connectivity index (χ2n) is 5.66. The number of carboxylic acid groups (broad SMARTS) is 1. The normalized spacial score (nSPS) is 15.7. The standard InChI is InChI=1S/C12H15F10NO4S/c1-2-23(6-8(24)25)28(26,27)4-3-7(10(14,15)16)5-9(13,11(17,18)19)12(20,21)22/h7H,2-6H2,1H3,(H,24,25). The van der Waals surface area contributed by atoms with Gasteiger partial charge in [-0.3, -0.25) is 4.79 Å². The number of aliphatic carboxylic acids is 1. The molecule has 0 amide bonds. The summed E-state index contributed by atoms with van der Waals surface area (Å²) >= 11 is 0. The first-order chi connectivity index (χ1) is 12.2. The van der Waals surface area contributed by atoms with Crippen LogP contribution >= 0.6 is 0 Å². The number of alkyl halides is 10. The predicted molar refractivity (Wildman–Crippen MR) is 73.4 cm³/mol. The molecule has 1 unspecified atom stereocenters. The van der Waals surface area contributed by atoms with Crippen LogP contribution in [0.4, 0.5) is 43.9 Å². The van der Waals surface area contributed by atoms with E-state index in [1.807, 2.05) is 0 Å².